The molecule has 0 radical (unpaired) electrons. The molecular formula is C23H22ClFN2O3. The summed E-state index contributed by atoms with van der Waals surface area (Å²) in [6.45, 7) is 6.90. The molecule has 3 aromatic rings. The largest absolute Gasteiger partial charge is 0.450 e. The van der Waals surface area contributed by atoms with Gasteiger partial charge in [0.05, 0.1) is 17.0 Å². The van der Waals surface area contributed by atoms with Crippen LogP contribution in [0.15, 0.2) is 51.7 Å². The van der Waals surface area contributed by atoms with Gasteiger partial charge in [0.2, 0.25) is 5.76 Å². The quantitative estimate of drug-likeness (QED) is 0.581. The van der Waals surface area contributed by atoms with Crippen molar-refractivity contribution in [2.45, 2.75) is 19.9 Å². The molecule has 1 aliphatic rings. The van der Waals surface area contributed by atoms with Crippen molar-refractivity contribution in [3.05, 3.63) is 80.4 Å². The smallest absolute Gasteiger partial charge is 0.290 e. The van der Waals surface area contributed by atoms with Crippen molar-refractivity contribution in [2.24, 2.45) is 0 Å². The molecule has 1 amide bonds. The molecule has 30 heavy (non-hydrogen) atoms. The third-order valence-electron chi connectivity index (χ3n) is 5.67. The van der Waals surface area contributed by atoms with E-state index < -0.39 is 6.04 Å². The Balaban J connectivity index is 1.87. The van der Waals surface area contributed by atoms with Gasteiger partial charge in [0.1, 0.15) is 11.4 Å². The van der Waals surface area contributed by atoms with E-state index in [-0.39, 0.29) is 28.5 Å². The van der Waals surface area contributed by atoms with Gasteiger partial charge in [-0.25, -0.2) is 4.39 Å². The summed E-state index contributed by atoms with van der Waals surface area (Å²) in [6.07, 6.45) is 0. The number of rotatable bonds is 6. The number of fused-ring (bicyclic) bond motifs is 2. The highest BCUT2D eigenvalue weighted by Gasteiger charge is 2.42. The Hall–Kier alpha value is -2.70. The van der Waals surface area contributed by atoms with Gasteiger partial charge >= 0.3 is 0 Å². The lowest BCUT2D eigenvalue weighted by Gasteiger charge is -2.28. The van der Waals surface area contributed by atoms with Crippen molar-refractivity contribution in [3.63, 3.8) is 0 Å². The Bertz CT molecular complexity index is 1160. The fraction of sp³-hybridized carbons (Fsp3) is 0.304. The van der Waals surface area contributed by atoms with E-state index in [0.717, 1.165) is 13.1 Å². The van der Waals surface area contributed by atoms with Gasteiger partial charge in [0, 0.05) is 18.1 Å². The van der Waals surface area contributed by atoms with Crippen LogP contribution in [0.3, 0.4) is 0 Å². The highest BCUT2D eigenvalue weighted by atomic mass is 35.5. The first-order valence-electron chi connectivity index (χ1n) is 9.99. The zero-order valence-corrected chi connectivity index (χ0v) is 17.6. The number of hydrogen-bond acceptors (Lipinski definition) is 4. The molecule has 0 fully saturated rings. The van der Waals surface area contributed by atoms with Gasteiger partial charge in [-0.05, 0) is 49.0 Å². The van der Waals surface area contributed by atoms with Crippen molar-refractivity contribution in [1.29, 1.82) is 0 Å². The van der Waals surface area contributed by atoms with Crippen LogP contribution in [0.1, 0.15) is 41.6 Å². The molecule has 0 saturated carbocycles. The van der Waals surface area contributed by atoms with Gasteiger partial charge < -0.3 is 14.2 Å². The second-order valence-corrected chi connectivity index (χ2v) is 7.73. The molecule has 0 bridgehead atoms. The second kappa shape index (κ2) is 8.20. The molecule has 0 spiro atoms. The minimum atomic E-state index is -0.636. The number of nitrogens with zero attached hydrogens (tertiary/aromatic N) is 2. The minimum absolute atomic E-state index is 0.0451. The Morgan fingerprint density at radius 1 is 1.10 bits per heavy atom. The molecule has 0 N–H and O–H groups in total. The van der Waals surface area contributed by atoms with Crippen molar-refractivity contribution in [1.82, 2.24) is 9.80 Å². The van der Waals surface area contributed by atoms with E-state index in [9.17, 15) is 14.0 Å². The first-order valence-corrected chi connectivity index (χ1v) is 10.4. The van der Waals surface area contributed by atoms with Crippen molar-refractivity contribution in [3.8, 4) is 0 Å². The summed E-state index contributed by atoms with van der Waals surface area (Å²) >= 11 is 6.08. The summed E-state index contributed by atoms with van der Waals surface area (Å²) in [4.78, 5) is 30.5. The Morgan fingerprint density at radius 3 is 2.47 bits per heavy atom. The molecular weight excluding hydrogens is 407 g/mol. The van der Waals surface area contributed by atoms with Crippen LogP contribution in [0.4, 0.5) is 4.39 Å². The normalized spacial score (nSPS) is 16.0. The van der Waals surface area contributed by atoms with Crippen molar-refractivity contribution >= 4 is 28.5 Å². The molecule has 1 aliphatic heterocycles. The van der Waals surface area contributed by atoms with E-state index in [1.54, 1.807) is 35.2 Å². The molecule has 1 unspecified atom stereocenters. The van der Waals surface area contributed by atoms with E-state index in [1.165, 1.54) is 12.1 Å². The van der Waals surface area contributed by atoms with Gasteiger partial charge in [0.15, 0.2) is 5.43 Å². The Kier molecular flexibility index (Phi) is 5.62. The Morgan fingerprint density at radius 2 is 1.80 bits per heavy atom. The van der Waals surface area contributed by atoms with Gasteiger partial charge in [0.25, 0.3) is 5.91 Å². The maximum absolute atomic E-state index is 13.5. The van der Waals surface area contributed by atoms with Gasteiger partial charge in [-0.1, -0.05) is 37.6 Å². The third-order valence-corrected chi connectivity index (χ3v) is 5.90. The lowest BCUT2D eigenvalue weighted by atomic mass is 9.98. The van der Waals surface area contributed by atoms with Gasteiger partial charge in [-0.3, -0.25) is 9.59 Å². The van der Waals surface area contributed by atoms with E-state index >= 15 is 0 Å². The zero-order chi connectivity index (χ0) is 21.4. The second-order valence-electron chi connectivity index (χ2n) is 7.29. The third kappa shape index (κ3) is 3.50. The zero-order valence-electron chi connectivity index (χ0n) is 16.8. The lowest BCUT2D eigenvalue weighted by Crippen LogP contribution is -2.37. The van der Waals surface area contributed by atoms with Gasteiger partial charge in [-0.2, -0.15) is 0 Å². The number of likely N-dealkylation sites (N-methyl/N-ethyl adjacent to an activating group) is 1. The molecule has 4 rings (SSSR count). The van der Waals surface area contributed by atoms with E-state index in [0.29, 0.717) is 34.6 Å². The summed E-state index contributed by atoms with van der Waals surface area (Å²) in [6, 6.07) is 10.0. The predicted molar refractivity (Wildman–Crippen MR) is 115 cm³/mol. The topological polar surface area (TPSA) is 53.8 Å². The van der Waals surface area contributed by atoms with Crippen LogP contribution in [-0.4, -0.2) is 41.9 Å². The van der Waals surface area contributed by atoms with Crippen LogP contribution in [-0.2, 0) is 0 Å². The minimum Gasteiger partial charge on any atom is -0.450 e. The fourth-order valence-electron chi connectivity index (χ4n) is 4.00. The predicted octanol–water partition coefficient (Wildman–Crippen LogP) is 4.47. The van der Waals surface area contributed by atoms with E-state index in [1.807, 2.05) is 0 Å². The van der Waals surface area contributed by atoms with Crippen LogP contribution < -0.4 is 5.43 Å². The number of amides is 1. The summed E-state index contributed by atoms with van der Waals surface area (Å²) in [5.41, 5.74) is 0.972. The monoisotopic (exact) mass is 428 g/mol. The van der Waals surface area contributed by atoms with Crippen LogP contribution in [0.5, 0.6) is 0 Å². The maximum Gasteiger partial charge on any atom is 0.290 e. The Labute approximate surface area is 178 Å². The van der Waals surface area contributed by atoms with Crippen LogP contribution in [0.2, 0.25) is 5.02 Å². The number of hydrogen-bond donors (Lipinski definition) is 0. The molecule has 1 aromatic heterocycles. The molecule has 2 aromatic carbocycles. The number of benzene rings is 2. The summed E-state index contributed by atoms with van der Waals surface area (Å²) in [7, 11) is 0. The summed E-state index contributed by atoms with van der Waals surface area (Å²) in [5.74, 6) is -0.667. The number of carbonyl (C=O) groups excluding carboxylic acids is 1. The summed E-state index contributed by atoms with van der Waals surface area (Å²) < 4.78 is 19.4. The first kappa shape index (κ1) is 20.6. The van der Waals surface area contributed by atoms with Crippen molar-refractivity contribution < 1.29 is 13.6 Å². The van der Waals surface area contributed by atoms with Crippen molar-refractivity contribution in [2.75, 3.05) is 26.2 Å². The maximum atomic E-state index is 13.5. The van der Waals surface area contributed by atoms with Crippen LogP contribution in [0, 0.1) is 5.82 Å². The lowest BCUT2D eigenvalue weighted by molar-refractivity contribution is 0.0708. The van der Waals surface area contributed by atoms with Gasteiger partial charge in [-0.15, -0.1) is 0 Å². The molecule has 0 aliphatic carbocycles. The number of halogens is 2. The average molecular weight is 429 g/mol. The average Bonchev–Trinajstić information content (AvgIpc) is 3.02. The highest BCUT2D eigenvalue weighted by molar-refractivity contribution is 6.31. The highest BCUT2D eigenvalue weighted by Crippen LogP contribution is 2.38. The molecule has 1 atom stereocenters. The number of carbonyl (C=O) groups is 1. The standard InChI is InChI=1S/C23H22ClFN2O3/c1-3-26(4-2)11-12-27-20(14-5-8-16(25)9-6-14)19-21(28)17-13-15(24)7-10-18(17)30-22(19)23(27)29/h5-10,13,20H,3-4,11-12H2,1-2H3. The fourth-order valence-corrected chi connectivity index (χ4v) is 4.18. The molecule has 7 heteroatoms. The van der Waals surface area contributed by atoms with Crippen LogP contribution >= 0.6 is 11.6 Å². The summed E-state index contributed by atoms with van der Waals surface area (Å²) in [5, 5.41) is 0.738. The van der Waals surface area contributed by atoms with Crippen LogP contribution in [0.25, 0.3) is 11.0 Å². The molecule has 2 heterocycles. The first-order chi connectivity index (χ1) is 14.4. The van der Waals surface area contributed by atoms with E-state index in [4.69, 9.17) is 16.0 Å². The van der Waals surface area contributed by atoms with E-state index in [2.05, 4.69) is 18.7 Å². The molecule has 5 nitrogen and oxygen atoms in total. The SMILES string of the molecule is CCN(CC)CCN1C(=O)c2oc3ccc(Cl)cc3c(=O)c2C1c1ccc(F)cc1. The molecule has 0 saturated heterocycles. The molecule has 156 valence electrons.